The standard InChI is InChI=1S/C16H13FN4O2/c1-21(15-3-2-8-23-15)14-9-13(18-10-19-14)16(22)20-12-6-4-11(17)5-7-12/h2-10H,1H3,(H,20,22). The van der Waals surface area contributed by atoms with Gasteiger partial charge in [-0.2, -0.15) is 0 Å². The van der Waals surface area contributed by atoms with Crippen molar-refractivity contribution in [3.63, 3.8) is 0 Å². The number of anilines is 3. The first kappa shape index (κ1) is 14.7. The van der Waals surface area contributed by atoms with Crippen LogP contribution in [-0.2, 0) is 0 Å². The van der Waals surface area contributed by atoms with Gasteiger partial charge in [0, 0.05) is 24.9 Å². The van der Waals surface area contributed by atoms with Gasteiger partial charge in [-0.1, -0.05) is 0 Å². The van der Waals surface area contributed by atoms with Crippen molar-refractivity contribution in [2.24, 2.45) is 0 Å². The summed E-state index contributed by atoms with van der Waals surface area (Å²) in [5.41, 5.74) is 0.675. The maximum Gasteiger partial charge on any atom is 0.274 e. The van der Waals surface area contributed by atoms with E-state index >= 15 is 0 Å². The summed E-state index contributed by atoms with van der Waals surface area (Å²) in [5.74, 6) is 0.327. The van der Waals surface area contributed by atoms with Crippen molar-refractivity contribution in [2.75, 3.05) is 17.3 Å². The molecule has 3 rings (SSSR count). The van der Waals surface area contributed by atoms with Crippen LogP contribution in [0.25, 0.3) is 0 Å². The van der Waals surface area contributed by atoms with Crippen molar-refractivity contribution in [3.05, 3.63) is 66.6 Å². The maximum atomic E-state index is 12.9. The third kappa shape index (κ3) is 3.34. The van der Waals surface area contributed by atoms with Crippen molar-refractivity contribution >= 4 is 23.3 Å². The van der Waals surface area contributed by atoms with Gasteiger partial charge in [0.1, 0.15) is 23.7 Å². The Morgan fingerprint density at radius 2 is 2.00 bits per heavy atom. The summed E-state index contributed by atoms with van der Waals surface area (Å²) in [4.78, 5) is 22.0. The van der Waals surface area contributed by atoms with Gasteiger partial charge < -0.3 is 9.73 Å². The molecule has 0 fully saturated rings. The number of nitrogens with one attached hydrogen (secondary N) is 1. The van der Waals surface area contributed by atoms with Crippen LogP contribution in [0.4, 0.5) is 21.8 Å². The molecule has 0 aliphatic rings. The fraction of sp³-hybridized carbons (Fsp3) is 0.0625. The first-order valence-electron chi connectivity index (χ1n) is 6.80. The summed E-state index contributed by atoms with van der Waals surface area (Å²) in [5, 5.41) is 2.65. The molecular formula is C16H13FN4O2. The molecule has 0 unspecified atom stereocenters. The van der Waals surface area contributed by atoms with E-state index in [-0.39, 0.29) is 11.5 Å². The number of amides is 1. The van der Waals surface area contributed by atoms with E-state index in [4.69, 9.17) is 4.42 Å². The molecule has 7 heteroatoms. The number of halogens is 1. The summed E-state index contributed by atoms with van der Waals surface area (Å²) in [6.45, 7) is 0. The lowest BCUT2D eigenvalue weighted by Crippen LogP contribution is -2.16. The summed E-state index contributed by atoms with van der Waals surface area (Å²) in [6, 6.07) is 10.6. The molecule has 23 heavy (non-hydrogen) atoms. The van der Waals surface area contributed by atoms with Gasteiger partial charge in [-0.05, 0) is 30.3 Å². The molecule has 0 aliphatic heterocycles. The lowest BCUT2D eigenvalue weighted by atomic mass is 10.3. The van der Waals surface area contributed by atoms with Gasteiger partial charge in [0.2, 0.25) is 5.88 Å². The minimum absolute atomic E-state index is 0.192. The summed E-state index contributed by atoms with van der Waals surface area (Å²) in [7, 11) is 1.77. The zero-order chi connectivity index (χ0) is 16.2. The van der Waals surface area contributed by atoms with E-state index in [0.29, 0.717) is 17.4 Å². The number of carbonyl (C=O) groups excluding carboxylic acids is 1. The third-order valence-electron chi connectivity index (χ3n) is 3.17. The maximum absolute atomic E-state index is 12.9. The average molecular weight is 312 g/mol. The summed E-state index contributed by atoms with van der Waals surface area (Å²) >= 11 is 0. The zero-order valence-electron chi connectivity index (χ0n) is 12.2. The van der Waals surface area contributed by atoms with Crippen LogP contribution in [0, 0.1) is 5.82 Å². The highest BCUT2D eigenvalue weighted by Crippen LogP contribution is 2.22. The molecule has 2 aromatic heterocycles. The molecule has 0 aliphatic carbocycles. The molecule has 0 spiro atoms. The minimum atomic E-state index is -0.409. The smallest absolute Gasteiger partial charge is 0.274 e. The first-order valence-corrected chi connectivity index (χ1v) is 6.80. The van der Waals surface area contributed by atoms with Gasteiger partial charge in [-0.3, -0.25) is 9.69 Å². The molecule has 1 amide bonds. The SMILES string of the molecule is CN(c1cc(C(=O)Nc2ccc(F)cc2)ncn1)c1ccco1. The second-order valence-electron chi connectivity index (χ2n) is 4.73. The molecule has 1 N–H and O–H groups in total. The zero-order valence-corrected chi connectivity index (χ0v) is 12.2. The molecule has 0 saturated carbocycles. The molecule has 116 valence electrons. The second kappa shape index (κ2) is 6.27. The van der Waals surface area contributed by atoms with Crippen LogP contribution in [0.1, 0.15) is 10.5 Å². The minimum Gasteiger partial charge on any atom is -0.448 e. The number of carbonyl (C=O) groups is 1. The number of hydrogen-bond acceptors (Lipinski definition) is 5. The van der Waals surface area contributed by atoms with Gasteiger partial charge in [0.25, 0.3) is 5.91 Å². The van der Waals surface area contributed by atoms with Gasteiger partial charge in [-0.15, -0.1) is 0 Å². The van der Waals surface area contributed by atoms with Crippen LogP contribution in [0.2, 0.25) is 0 Å². The van der Waals surface area contributed by atoms with Gasteiger partial charge >= 0.3 is 0 Å². The highest BCUT2D eigenvalue weighted by Gasteiger charge is 2.13. The van der Waals surface area contributed by atoms with Crippen molar-refractivity contribution in [2.45, 2.75) is 0 Å². The van der Waals surface area contributed by atoms with Crippen LogP contribution in [-0.4, -0.2) is 22.9 Å². The van der Waals surface area contributed by atoms with Crippen LogP contribution < -0.4 is 10.2 Å². The lowest BCUT2D eigenvalue weighted by Gasteiger charge is -2.15. The van der Waals surface area contributed by atoms with E-state index in [1.807, 2.05) is 0 Å². The van der Waals surface area contributed by atoms with Crippen LogP contribution in [0.5, 0.6) is 0 Å². The van der Waals surface area contributed by atoms with Crippen molar-refractivity contribution in [3.8, 4) is 0 Å². The molecular weight excluding hydrogens is 299 g/mol. The molecule has 0 radical (unpaired) electrons. The van der Waals surface area contributed by atoms with E-state index in [1.54, 1.807) is 36.4 Å². The normalized spacial score (nSPS) is 10.3. The van der Waals surface area contributed by atoms with Crippen LogP contribution in [0.15, 0.2) is 59.5 Å². The number of rotatable bonds is 4. The van der Waals surface area contributed by atoms with E-state index in [9.17, 15) is 9.18 Å². The first-order chi connectivity index (χ1) is 11.1. The Morgan fingerprint density at radius 3 is 2.70 bits per heavy atom. The predicted molar refractivity (Wildman–Crippen MR) is 83.2 cm³/mol. The quantitative estimate of drug-likeness (QED) is 0.801. The summed E-state index contributed by atoms with van der Waals surface area (Å²) in [6.07, 6.45) is 2.85. The van der Waals surface area contributed by atoms with E-state index < -0.39 is 5.91 Å². The van der Waals surface area contributed by atoms with E-state index in [1.165, 1.54) is 30.6 Å². The Balaban J connectivity index is 1.79. The number of hydrogen-bond donors (Lipinski definition) is 1. The molecule has 2 heterocycles. The highest BCUT2D eigenvalue weighted by atomic mass is 19.1. The summed E-state index contributed by atoms with van der Waals surface area (Å²) < 4.78 is 18.2. The Kier molecular flexibility index (Phi) is 4.01. The molecule has 0 atom stereocenters. The Labute approximate surface area is 131 Å². The lowest BCUT2D eigenvalue weighted by molar-refractivity contribution is 0.102. The fourth-order valence-electron chi connectivity index (χ4n) is 1.96. The number of nitrogens with zero attached hydrogens (tertiary/aromatic N) is 3. The van der Waals surface area contributed by atoms with Crippen LogP contribution >= 0.6 is 0 Å². The predicted octanol–water partition coefficient (Wildman–Crippen LogP) is 3.23. The highest BCUT2D eigenvalue weighted by molar-refractivity contribution is 6.03. The molecule has 0 bridgehead atoms. The van der Waals surface area contributed by atoms with Gasteiger partial charge in [-0.25, -0.2) is 14.4 Å². The second-order valence-corrected chi connectivity index (χ2v) is 4.73. The number of aromatic nitrogens is 2. The fourth-order valence-corrected chi connectivity index (χ4v) is 1.96. The van der Waals surface area contributed by atoms with Crippen LogP contribution in [0.3, 0.4) is 0 Å². The monoisotopic (exact) mass is 312 g/mol. The number of furan rings is 1. The van der Waals surface area contributed by atoms with Gasteiger partial charge in [0.15, 0.2) is 0 Å². The van der Waals surface area contributed by atoms with Crippen molar-refractivity contribution < 1.29 is 13.6 Å². The molecule has 0 saturated heterocycles. The largest absolute Gasteiger partial charge is 0.448 e. The van der Waals surface area contributed by atoms with Gasteiger partial charge in [0.05, 0.1) is 6.26 Å². The molecule has 3 aromatic rings. The van der Waals surface area contributed by atoms with Crippen molar-refractivity contribution in [1.29, 1.82) is 0 Å². The Morgan fingerprint density at radius 1 is 1.22 bits per heavy atom. The average Bonchev–Trinajstić information content (AvgIpc) is 3.11. The molecule has 1 aromatic carbocycles. The van der Waals surface area contributed by atoms with E-state index in [2.05, 4.69) is 15.3 Å². The van der Waals surface area contributed by atoms with E-state index in [0.717, 1.165) is 0 Å². The molecule has 6 nitrogen and oxygen atoms in total. The Hall–Kier alpha value is -3.22. The van der Waals surface area contributed by atoms with Crippen molar-refractivity contribution in [1.82, 2.24) is 9.97 Å². The Bertz CT molecular complexity index is 803. The number of benzene rings is 1. The topological polar surface area (TPSA) is 71.3 Å². The third-order valence-corrected chi connectivity index (χ3v) is 3.17.